The van der Waals surface area contributed by atoms with E-state index in [1.807, 2.05) is 30.5 Å². The second-order valence-electron chi connectivity index (χ2n) is 7.34. The van der Waals surface area contributed by atoms with Crippen LogP contribution in [-0.2, 0) is 6.54 Å². The molecule has 8 heteroatoms. The molecule has 0 atom stereocenters. The number of rotatable bonds is 9. The first kappa shape index (κ1) is 21.0. The Labute approximate surface area is 181 Å². The third kappa shape index (κ3) is 5.10. The molecular weight excluding hydrogens is 394 g/mol. The third-order valence-electron chi connectivity index (χ3n) is 5.23. The molecule has 0 saturated carbocycles. The molecule has 0 spiro atoms. The Balaban J connectivity index is 1.49. The highest BCUT2D eigenvalue weighted by molar-refractivity contribution is 5.76. The number of aliphatic hydroxyl groups is 1. The van der Waals surface area contributed by atoms with E-state index < -0.39 is 0 Å². The smallest absolute Gasteiger partial charge is 0.169 e. The van der Waals surface area contributed by atoms with Crippen molar-refractivity contribution in [2.45, 2.75) is 26.3 Å². The largest absolute Gasteiger partial charge is 0.486 e. The summed E-state index contributed by atoms with van der Waals surface area (Å²) in [6, 6.07) is 12.3. The Bertz CT molecular complexity index is 1050. The monoisotopic (exact) mass is 421 g/mol. The van der Waals surface area contributed by atoms with Crippen molar-refractivity contribution in [1.82, 2.24) is 25.5 Å². The van der Waals surface area contributed by atoms with Gasteiger partial charge in [-0.05, 0) is 77.2 Å². The van der Waals surface area contributed by atoms with Crippen molar-refractivity contribution >= 4 is 12.3 Å². The predicted molar refractivity (Wildman–Crippen MR) is 119 cm³/mol. The van der Waals surface area contributed by atoms with Crippen molar-refractivity contribution in [2.75, 3.05) is 26.4 Å². The molecule has 0 fully saturated rings. The standard InChI is InChI=1S/C23H27N5O3/c1-17-18(9-11-28-23(25-26-27-28)16-24-10-2-3-12-29)5-4-6-20(17)19-7-8-21-22(15-19)31-14-13-30-21/h4-9,11,15,24,29H,2-3,10,12-14,16H2,1H3/b11-9+. The summed E-state index contributed by atoms with van der Waals surface area (Å²) in [7, 11) is 0. The zero-order valence-electron chi connectivity index (χ0n) is 17.6. The Morgan fingerprint density at radius 3 is 2.87 bits per heavy atom. The summed E-state index contributed by atoms with van der Waals surface area (Å²) in [5.74, 6) is 2.31. The third-order valence-corrected chi connectivity index (χ3v) is 5.23. The second kappa shape index (κ2) is 10.2. The quantitative estimate of drug-likeness (QED) is 0.513. The fourth-order valence-corrected chi connectivity index (χ4v) is 3.51. The average Bonchev–Trinajstić information content (AvgIpc) is 3.25. The van der Waals surface area contributed by atoms with Crippen LogP contribution in [0.5, 0.6) is 11.5 Å². The van der Waals surface area contributed by atoms with E-state index in [9.17, 15) is 0 Å². The normalized spacial score (nSPS) is 13.1. The molecule has 1 aliphatic heterocycles. The maximum atomic E-state index is 8.85. The van der Waals surface area contributed by atoms with Crippen LogP contribution in [0.2, 0.25) is 0 Å². The highest BCUT2D eigenvalue weighted by Crippen LogP contribution is 2.36. The van der Waals surface area contributed by atoms with Gasteiger partial charge < -0.3 is 19.9 Å². The lowest BCUT2D eigenvalue weighted by Crippen LogP contribution is -2.17. The van der Waals surface area contributed by atoms with Crippen molar-refractivity contribution in [2.24, 2.45) is 0 Å². The molecule has 4 rings (SSSR count). The minimum absolute atomic E-state index is 0.215. The molecule has 0 bridgehead atoms. The minimum Gasteiger partial charge on any atom is -0.486 e. The minimum atomic E-state index is 0.215. The van der Waals surface area contributed by atoms with Gasteiger partial charge in [0.25, 0.3) is 0 Å². The number of hydrogen-bond acceptors (Lipinski definition) is 7. The molecule has 0 saturated heterocycles. The van der Waals surface area contributed by atoms with Gasteiger partial charge in [0.1, 0.15) is 13.2 Å². The number of tetrazole rings is 1. The number of nitrogens with zero attached hydrogens (tertiary/aromatic N) is 4. The van der Waals surface area contributed by atoms with Crippen molar-refractivity contribution in [3.8, 4) is 22.6 Å². The summed E-state index contributed by atoms with van der Waals surface area (Å²) in [4.78, 5) is 0. The van der Waals surface area contributed by atoms with E-state index in [-0.39, 0.29) is 6.61 Å². The number of aromatic nitrogens is 4. The van der Waals surface area contributed by atoms with Gasteiger partial charge in [0, 0.05) is 12.8 Å². The van der Waals surface area contributed by atoms with Crippen LogP contribution >= 0.6 is 0 Å². The van der Waals surface area contributed by atoms with Crippen LogP contribution in [-0.4, -0.2) is 51.7 Å². The molecule has 0 aliphatic carbocycles. The molecule has 0 unspecified atom stereocenters. The summed E-state index contributed by atoms with van der Waals surface area (Å²) in [5, 5.41) is 24.1. The molecule has 2 heterocycles. The van der Waals surface area contributed by atoms with E-state index in [0.29, 0.717) is 19.8 Å². The van der Waals surface area contributed by atoms with Gasteiger partial charge >= 0.3 is 0 Å². The van der Waals surface area contributed by atoms with E-state index in [2.05, 4.69) is 46.0 Å². The highest BCUT2D eigenvalue weighted by Gasteiger charge is 2.14. The summed E-state index contributed by atoms with van der Waals surface area (Å²) in [5.41, 5.74) is 4.48. The van der Waals surface area contributed by atoms with Crippen LogP contribution in [0.1, 0.15) is 29.8 Å². The van der Waals surface area contributed by atoms with E-state index in [1.54, 1.807) is 4.68 Å². The number of aliphatic hydroxyl groups excluding tert-OH is 1. The Morgan fingerprint density at radius 2 is 2.00 bits per heavy atom. The molecule has 0 radical (unpaired) electrons. The molecule has 1 aromatic heterocycles. The molecular formula is C23H27N5O3. The zero-order chi connectivity index (χ0) is 21.5. The fraction of sp³-hybridized carbons (Fsp3) is 0.348. The molecule has 2 aromatic carbocycles. The Morgan fingerprint density at radius 1 is 1.13 bits per heavy atom. The van der Waals surface area contributed by atoms with Crippen LogP contribution < -0.4 is 14.8 Å². The van der Waals surface area contributed by atoms with Crippen LogP contribution in [0.25, 0.3) is 23.4 Å². The maximum absolute atomic E-state index is 8.85. The number of nitrogens with one attached hydrogen (secondary N) is 1. The highest BCUT2D eigenvalue weighted by atomic mass is 16.6. The molecule has 31 heavy (non-hydrogen) atoms. The number of ether oxygens (including phenoxy) is 2. The maximum Gasteiger partial charge on any atom is 0.169 e. The van der Waals surface area contributed by atoms with E-state index in [4.69, 9.17) is 14.6 Å². The Kier molecular flexibility index (Phi) is 6.91. The lowest BCUT2D eigenvalue weighted by atomic mass is 9.96. The van der Waals surface area contributed by atoms with Crippen molar-refractivity contribution in [1.29, 1.82) is 0 Å². The van der Waals surface area contributed by atoms with Crippen LogP contribution in [0.4, 0.5) is 0 Å². The number of hydrogen-bond donors (Lipinski definition) is 2. The fourth-order valence-electron chi connectivity index (χ4n) is 3.51. The molecule has 2 N–H and O–H groups in total. The average molecular weight is 422 g/mol. The SMILES string of the molecule is Cc1c(/C=C/n2nnnc2CNCCCCO)cccc1-c1ccc2c(c1)OCCO2. The van der Waals surface area contributed by atoms with Crippen molar-refractivity contribution < 1.29 is 14.6 Å². The lowest BCUT2D eigenvalue weighted by Gasteiger charge is -2.19. The second-order valence-corrected chi connectivity index (χ2v) is 7.34. The topological polar surface area (TPSA) is 94.3 Å². The first-order chi connectivity index (χ1) is 15.3. The first-order valence-corrected chi connectivity index (χ1v) is 10.5. The van der Waals surface area contributed by atoms with Gasteiger partial charge in [0.05, 0.1) is 6.54 Å². The summed E-state index contributed by atoms with van der Waals surface area (Å²) in [6.45, 7) is 4.86. The number of unbranched alkanes of at least 4 members (excludes halogenated alkanes) is 1. The summed E-state index contributed by atoms with van der Waals surface area (Å²) in [6.07, 6.45) is 5.60. The van der Waals surface area contributed by atoms with Gasteiger partial charge in [-0.3, -0.25) is 0 Å². The van der Waals surface area contributed by atoms with Crippen molar-refractivity contribution in [3.63, 3.8) is 0 Å². The van der Waals surface area contributed by atoms with E-state index in [1.165, 1.54) is 0 Å². The molecule has 8 nitrogen and oxygen atoms in total. The Hall–Kier alpha value is -3.23. The van der Waals surface area contributed by atoms with E-state index in [0.717, 1.165) is 59.0 Å². The molecule has 162 valence electrons. The predicted octanol–water partition coefficient (Wildman–Crippen LogP) is 2.91. The lowest BCUT2D eigenvalue weighted by molar-refractivity contribution is 0.171. The van der Waals surface area contributed by atoms with Gasteiger partial charge in [-0.15, -0.1) is 5.10 Å². The van der Waals surface area contributed by atoms with Gasteiger partial charge in [-0.25, -0.2) is 4.68 Å². The molecule has 0 amide bonds. The number of benzene rings is 2. The molecule has 1 aliphatic rings. The van der Waals surface area contributed by atoms with Crippen LogP contribution in [0.15, 0.2) is 36.4 Å². The van der Waals surface area contributed by atoms with Crippen LogP contribution in [0, 0.1) is 6.92 Å². The first-order valence-electron chi connectivity index (χ1n) is 10.5. The van der Waals surface area contributed by atoms with Gasteiger partial charge in [-0.2, -0.15) is 0 Å². The van der Waals surface area contributed by atoms with Gasteiger partial charge in [0.15, 0.2) is 17.3 Å². The zero-order valence-corrected chi connectivity index (χ0v) is 17.6. The van der Waals surface area contributed by atoms with Gasteiger partial charge in [0.2, 0.25) is 0 Å². The molecule has 3 aromatic rings. The summed E-state index contributed by atoms with van der Waals surface area (Å²) < 4.78 is 13.0. The van der Waals surface area contributed by atoms with Crippen molar-refractivity contribution in [3.05, 3.63) is 53.3 Å². The van der Waals surface area contributed by atoms with Gasteiger partial charge in [-0.1, -0.05) is 24.3 Å². The number of fused-ring (bicyclic) bond motifs is 1. The summed E-state index contributed by atoms with van der Waals surface area (Å²) >= 11 is 0. The van der Waals surface area contributed by atoms with E-state index >= 15 is 0 Å². The van der Waals surface area contributed by atoms with Crippen LogP contribution in [0.3, 0.4) is 0 Å².